The van der Waals surface area contributed by atoms with E-state index < -0.39 is 24.3 Å². The molecule has 0 aliphatic rings. The van der Waals surface area contributed by atoms with Crippen molar-refractivity contribution in [2.45, 2.75) is 277 Å². The van der Waals surface area contributed by atoms with Crippen LogP contribution in [0.15, 0.2) is 85.1 Å². The highest BCUT2D eigenvalue weighted by molar-refractivity contribution is 5.71. The lowest BCUT2D eigenvalue weighted by atomic mass is 10.0. The summed E-state index contributed by atoms with van der Waals surface area (Å²) in [7, 11) is 5.97. The maximum atomic E-state index is 12.9. The molecule has 0 saturated heterocycles. The molecule has 2 unspecified atom stereocenters. The molecule has 438 valence electrons. The van der Waals surface area contributed by atoms with Crippen molar-refractivity contribution in [3.63, 3.8) is 0 Å². The Balaban J connectivity index is 3.98. The van der Waals surface area contributed by atoms with E-state index >= 15 is 0 Å². The number of nitrogens with zero attached hydrogens (tertiary/aromatic N) is 1. The average molecular weight is 1070 g/mol. The van der Waals surface area contributed by atoms with Crippen molar-refractivity contribution >= 4 is 17.9 Å². The molecule has 0 heterocycles. The Hall–Kier alpha value is -3.53. The van der Waals surface area contributed by atoms with E-state index in [1.54, 1.807) is 0 Å². The first kappa shape index (κ1) is 72.5. The molecule has 0 aromatic carbocycles. The van der Waals surface area contributed by atoms with E-state index in [1.165, 1.54) is 141 Å². The van der Waals surface area contributed by atoms with Crippen molar-refractivity contribution < 1.29 is 42.9 Å². The number of unbranched alkanes of at least 4 members (excludes halogenated alkanes) is 28. The standard InChI is InChI=1S/C67H117NO8/c1-6-8-10-12-14-16-18-20-21-22-23-24-25-26-27-28-29-30-31-32-33-34-35-36-37-38-39-40-41-42-43-44-45-46-48-50-52-54-56-58-65(70)76-63(62-75-67(66(71)72)73-60-59-68(3,4)5)61-74-64(69)57-55-53-51-49-47-19-17-15-13-11-9-7-2/h8,10,14-17,20-21,23-24,26-27,29-30,63,67H,6-7,9,11-13,18-19,22,25,28,31-62H2,1-5H3/p+1/b10-8-,16-14-,17-15-,21-20-,24-23-,27-26-,30-29-. The fraction of sp³-hybridized carbons (Fsp3) is 0.746. The fourth-order valence-corrected chi connectivity index (χ4v) is 8.60. The highest BCUT2D eigenvalue weighted by Gasteiger charge is 2.25. The molecule has 0 radical (unpaired) electrons. The Kier molecular flexibility index (Phi) is 55.0. The Morgan fingerprint density at radius 1 is 0.408 bits per heavy atom. The summed E-state index contributed by atoms with van der Waals surface area (Å²) in [5.74, 6) is -2.01. The van der Waals surface area contributed by atoms with Crippen LogP contribution in [0, 0.1) is 0 Å². The maximum Gasteiger partial charge on any atom is 0.361 e. The predicted molar refractivity (Wildman–Crippen MR) is 322 cm³/mol. The lowest BCUT2D eigenvalue weighted by molar-refractivity contribution is -0.870. The number of aliphatic carboxylic acids is 1. The topological polar surface area (TPSA) is 108 Å². The lowest BCUT2D eigenvalue weighted by Gasteiger charge is -2.25. The van der Waals surface area contributed by atoms with Gasteiger partial charge in [-0.1, -0.05) is 247 Å². The number of hydrogen-bond acceptors (Lipinski definition) is 7. The second-order valence-electron chi connectivity index (χ2n) is 22.0. The van der Waals surface area contributed by atoms with E-state index in [0.29, 0.717) is 17.4 Å². The number of quaternary nitrogens is 1. The molecule has 0 aliphatic heterocycles. The number of carboxylic acid groups (broad SMARTS) is 1. The van der Waals surface area contributed by atoms with Crippen LogP contribution >= 0.6 is 0 Å². The minimum atomic E-state index is -1.51. The largest absolute Gasteiger partial charge is 0.477 e. The quantitative estimate of drug-likeness (QED) is 0.0211. The first-order valence-corrected chi connectivity index (χ1v) is 31.3. The third-order valence-corrected chi connectivity index (χ3v) is 13.4. The zero-order valence-electron chi connectivity index (χ0n) is 49.9. The normalized spacial score (nSPS) is 13.3. The van der Waals surface area contributed by atoms with Gasteiger partial charge >= 0.3 is 17.9 Å². The number of likely N-dealkylation sites (N-methyl/N-ethyl adjacent to an activating group) is 1. The minimum Gasteiger partial charge on any atom is -0.477 e. The van der Waals surface area contributed by atoms with Crippen molar-refractivity contribution in [3.8, 4) is 0 Å². The summed E-state index contributed by atoms with van der Waals surface area (Å²) >= 11 is 0. The van der Waals surface area contributed by atoms with Crippen molar-refractivity contribution in [3.05, 3.63) is 85.1 Å². The van der Waals surface area contributed by atoms with Crippen LogP contribution in [-0.2, 0) is 33.3 Å². The molecule has 0 spiro atoms. The van der Waals surface area contributed by atoms with E-state index in [-0.39, 0.29) is 32.2 Å². The van der Waals surface area contributed by atoms with E-state index in [0.717, 1.165) is 96.3 Å². The van der Waals surface area contributed by atoms with Crippen molar-refractivity contribution in [2.75, 3.05) is 47.5 Å². The summed E-state index contributed by atoms with van der Waals surface area (Å²) in [6, 6.07) is 0. The Bertz CT molecular complexity index is 1520. The molecule has 9 heteroatoms. The number of carbonyl (C=O) groups is 3. The summed E-state index contributed by atoms with van der Waals surface area (Å²) in [5, 5.41) is 9.69. The van der Waals surface area contributed by atoms with Gasteiger partial charge in [0.05, 0.1) is 34.4 Å². The Morgan fingerprint density at radius 3 is 1.13 bits per heavy atom. The van der Waals surface area contributed by atoms with Gasteiger partial charge in [-0.3, -0.25) is 9.59 Å². The number of carbonyl (C=O) groups excluding carboxylic acids is 2. The molecular formula is C67H118NO8+. The molecule has 0 bridgehead atoms. The molecule has 0 aromatic heterocycles. The van der Waals surface area contributed by atoms with Crippen LogP contribution in [0.2, 0.25) is 0 Å². The molecule has 9 nitrogen and oxygen atoms in total. The molecule has 76 heavy (non-hydrogen) atoms. The van der Waals surface area contributed by atoms with Gasteiger partial charge in [0.1, 0.15) is 13.2 Å². The molecule has 0 fully saturated rings. The van der Waals surface area contributed by atoms with Gasteiger partial charge in [0.15, 0.2) is 6.10 Å². The third-order valence-electron chi connectivity index (χ3n) is 13.4. The van der Waals surface area contributed by atoms with Crippen LogP contribution < -0.4 is 0 Å². The number of ether oxygens (including phenoxy) is 4. The van der Waals surface area contributed by atoms with Gasteiger partial charge in [-0.2, -0.15) is 0 Å². The average Bonchev–Trinajstić information content (AvgIpc) is 3.39. The van der Waals surface area contributed by atoms with Gasteiger partial charge in [0, 0.05) is 12.8 Å². The van der Waals surface area contributed by atoms with Crippen molar-refractivity contribution in [1.29, 1.82) is 0 Å². The Morgan fingerprint density at radius 2 is 0.750 bits per heavy atom. The molecular weight excluding hydrogens is 947 g/mol. The zero-order valence-corrected chi connectivity index (χ0v) is 49.9. The van der Waals surface area contributed by atoms with Crippen LogP contribution in [0.4, 0.5) is 0 Å². The Labute approximate surface area is 468 Å². The molecule has 0 saturated carbocycles. The first-order chi connectivity index (χ1) is 37.1. The van der Waals surface area contributed by atoms with E-state index in [1.807, 2.05) is 21.1 Å². The number of allylic oxidation sites excluding steroid dienone is 14. The summed E-state index contributed by atoms with van der Waals surface area (Å²) in [6.07, 6.45) is 74.1. The summed E-state index contributed by atoms with van der Waals surface area (Å²) < 4.78 is 22.8. The highest BCUT2D eigenvalue weighted by atomic mass is 16.7. The van der Waals surface area contributed by atoms with Crippen molar-refractivity contribution in [2.24, 2.45) is 0 Å². The summed E-state index contributed by atoms with van der Waals surface area (Å²) in [4.78, 5) is 37.3. The fourth-order valence-electron chi connectivity index (χ4n) is 8.60. The van der Waals surface area contributed by atoms with Crippen LogP contribution in [0.25, 0.3) is 0 Å². The predicted octanol–water partition coefficient (Wildman–Crippen LogP) is 18.7. The van der Waals surface area contributed by atoms with Gasteiger partial charge in [0.2, 0.25) is 0 Å². The van der Waals surface area contributed by atoms with Gasteiger partial charge < -0.3 is 28.5 Å². The van der Waals surface area contributed by atoms with Gasteiger partial charge in [0.25, 0.3) is 6.29 Å². The lowest BCUT2D eigenvalue weighted by Crippen LogP contribution is -2.40. The zero-order chi connectivity index (χ0) is 55.5. The van der Waals surface area contributed by atoms with Crippen LogP contribution in [-0.4, -0.2) is 87.4 Å². The van der Waals surface area contributed by atoms with Gasteiger partial charge in [-0.25, -0.2) is 4.79 Å². The smallest absolute Gasteiger partial charge is 0.361 e. The van der Waals surface area contributed by atoms with E-state index in [2.05, 4.69) is 98.9 Å². The highest BCUT2D eigenvalue weighted by Crippen LogP contribution is 2.17. The first-order valence-electron chi connectivity index (χ1n) is 31.3. The summed E-state index contributed by atoms with van der Waals surface area (Å²) in [6.45, 7) is 4.74. The van der Waals surface area contributed by atoms with E-state index in [9.17, 15) is 19.5 Å². The third kappa shape index (κ3) is 58.2. The van der Waals surface area contributed by atoms with Crippen LogP contribution in [0.3, 0.4) is 0 Å². The molecule has 0 aliphatic carbocycles. The second-order valence-corrected chi connectivity index (χ2v) is 22.0. The van der Waals surface area contributed by atoms with E-state index in [4.69, 9.17) is 18.9 Å². The molecule has 0 amide bonds. The maximum absolute atomic E-state index is 12.9. The molecule has 2 atom stereocenters. The van der Waals surface area contributed by atoms with Crippen LogP contribution in [0.1, 0.15) is 264 Å². The number of esters is 2. The minimum absolute atomic E-state index is 0.186. The van der Waals surface area contributed by atoms with Crippen molar-refractivity contribution in [1.82, 2.24) is 0 Å². The van der Waals surface area contributed by atoms with Gasteiger partial charge in [-0.05, 0) is 89.9 Å². The SMILES string of the molecule is CC/C=C\C/C=C\C/C=C\C/C=C\C/C=C\C/C=C\CCCCCCCCCCCCCCCCCCCCCCC(=O)OC(COC(=O)CCCCCCC/C=C\CCCCC)COC(OCC[N+](C)(C)C)C(=O)O. The molecule has 0 aromatic rings. The molecule has 0 rings (SSSR count). The number of hydrogen-bond donors (Lipinski definition) is 1. The van der Waals surface area contributed by atoms with Crippen LogP contribution in [0.5, 0.6) is 0 Å². The number of rotatable bonds is 57. The molecule has 1 N–H and O–H groups in total. The monoisotopic (exact) mass is 1060 g/mol. The van der Waals surface area contributed by atoms with Gasteiger partial charge in [-0.15, -0.1) is 0 Å². The number of carboxylic acids is 1. The second kappa shape index (κ2) is 57.6. The summed E-state index contributed by atoms with van der Waals surface area (Å²) in [5.41, 5.74) is 0.